The van der Waals surface area contributed by atoms with Gasteiger partial charge in [-0.05, 0) is 26.7 Å². The minimum absolute atomic E-state index is 0.0224. The van der Waals surface area contributed by atoms with Crippen molar-refractivity contribution in [1.29, 1.82) is 0 Å². The number of rotatable bonds is 8. The van der Waals surface area contributed by atoms with E-state index in [2.05, 4.69) is 6.92 Å². The lowest BCUT2D eigenvalue weighted by atomic mass is 10.1. The van der Waals surface area contributed by atoms with Crippen molar-refractivity contribution in [2.45, 2.75) is 58.7 Å². The predicted octanol–water partition coefficient (Wildman–Crippen LogP) is 2.83. The second-order valence-corrected chi connectivity index (χ2v) is 5.35. The van der Waals surface area contributed by atoms with Gasteiger partial charge in [-0.15, -0.1) is 0 Å². The maximum atomic E-state index is 11.3. The van der Waals surface area contributed by atoms with Crippen molar-refractivity contribution in [2.75, 3.05) is 6.16 Å². The molecule has 86 valence electrons. The van der Waals surface area contributed by atoms with Crippen LogP contribution in [-0.4, -0.2) is 23.5 Å². The zero-order chi connectivity index (χ0) is 11.0. The molecule has 0 saturated heterocycles. The first kappa shape index (κ1) is 14.2. The lowest BCUT2D eigenvalue weighted by molar-refractivity contribution is 0.156. The van der Waals surface area contributed by atoms with Crippen LogP contribution in [0.2, 0.25) is 0 Å². The molecule has 0 aliphatic heterocycles. The van der Waals surface area contributed by atoms with E-state index in [1.54, 1.807) is 0 Å². The summed E-state index contributed by atoms with van der Waals surface area (Å²) < 4.78 is 16.4. The lowest BCUT2D eigenvalue weighted by Crippen LogP contribution is -2.08. The van der Waals surface area contributed by atoms with Gasteiger partial charge in [0.25, 0.3) is 0 Å². The highest BCUT2D eigenvalue weighted by Crippen LogP contribution is 2.26. The molecule has 0 aliphatic rings. The second-order valence-electron chi connectivity index (χ2n) is 3.87. The molecule has 0 radical (unpaired) electrons. The summed E-state index contributed by atoms with van der Waals surface area (Å²) >= 11 is 0. The van der Waals surface area contributed by atoms with Crippen molar-refractivity contribution in [2.24, 2.45) is 0 Å². The van der Waals surface area contributed by atoms with E-state index in [4.69, 9.17) is 4.52 Å². The van der Waals surface area contributed by atoms with Crippen LogP contribution in [0.4, 0.5) is 0 Å². The van der Waals surface area contributed by atoms with Crippen LogP contribution >= 0.6 is 8.03 Å². The van der Waals surface area contributed by atoms with Crippen molar-refractivity contribution in [1.82, 2.24) is 0 Å². The van der Waals surface area contributed by atoms with Gasteiger partial charge < -0.3 is 9.63 Å². The fourth-order valence-electron chi connectivity index (χ4n) is 1.19. The largest absolute Gasteiger partial charge is 0.393 e. The van der Waals surface area contributed by atoms with Gasteiger partial charge in [-0.1, -0.05) is 19.8 Å². The minimum Gasteiger partial charge on any atom is -0.393 e. The van der Waals surface area contributed by atoms with Gasteiger partial charge in [-0.2, -0.15) is 0 Å². The molecule has 2 atom stereocenters. The van der Waals surface area contributed by atoms with Crippen LogP contribution in [0.15, 0.2) is 0 Å². The number of aliphatic hydroxyl groups excluding tert-OH is 1. The van der Waals surface area contributed by atoms with Gasteiger partial charge in [0.05, 0.1) is 12.2 Å². The summed E-state index contributed by atoms with van der Waals surface area (Å²) in [5, 5.41) is 9.49. The number of aliphatic hydroxyl groups is 1. The molecule has 1 N–H and O–H groups in total. The summed E-state index contributed by atoms with van der Waals surface area (Å²) in [4.78, 5) is 0. The Balaban J connectivity index is 3.45. The Hall–Kier alpha value is 0.150. The van der Waals surface area contributed by atoms with E-state index >= 15 is 0 Å². The molecule has 0 amide bonds. The van der Waals surface area contributed by atoms with Gasteiger partial charge in [0.15, 0.2) is 8.03 Å². The maximum Gasteiger partial charge on any atom is 0.191 e. The topological polar surface area (TPSA) is 46.5 Å². The summed E-state index contributed by atoms with van der Waals surface area (Å²) in [6.07, 6.45) is 3.77. The van der Waals surface area contributed by atoms with Crippen molar-refractivity contribution in [3.63, 3.8) is 0 Å². The average Bonchev–Trinajstić information content (AvgIpc) is 2.10. The third kappa shape index (κ3) is 8.74. The standard InChI is InChI=1S/C10H23O3P/c1-4-5-6-10(11)7-8-14(12)13-9(2)3/h9-11,14H,4-8H2,1-3H3. The van der Waals surface area contributed by atoms with Crippen molar-refractivity contribution in [3.8, 4) is 0 Å². The Morgan fingerprint density at radius 3 is 2.50 bits per heavy atom. The van der Waals surface area contributed by atoms with Crippen molar-refractivity contribution < 1.29 is 14.2 Å². The molecular weight excluding hydrogens is 199 g/mol. The number of hydrogen-bond acceptors (Lipinski definition) is 3. The molecule has 14 heavy (non-hydrogen) atoms. The molecule has 3 nitrogen and oxygen atoms in total. The van der Waals surface area contributed by atoms with Crippen LogP contribution in [0.25, 0.3) is 0 Å². The molecule has 0 fully saturated rings. The second kappa shape index (κ2) is 8.46. The Labute approximate surface area is 87.7 Å². The van der Waals surface area contributed by atoms with E-state index in [-0.39, 0.29) is 12.2 Å². The Morgan fingerprint density at radius 1 is 1.36 bits per heavy atom. The van der Waals surface area contributed by atoms with Crippen LogP contribution in [0.5, 0.6) is 0 Å². The summed E-state index contributed by atoms with van der Waals surface area (Å²) in [5.41, 5.74) is 0. The Morgan fingerprint density at radius 2 is 2.00 bits per heavy atom. The molecule has 0 aromatic rings. The van der Waals surface area contributed by atoms with Crippen LogP contribution < -0.4 is 0 Å². The fourth-order valence-corrected chi connectivity index (χ4v) is 2.40. The molecule has 0 aromatic heterocycles. The summed E-state index contributed by atoms with van der Waals surface area (Å²) in [6, 6.07) is 0. The van der Waals surface area contributed by atoms with Crippen molar-refractivity contribution in [3.05, 3.63) is 0 Å². The molecule has 0 heterocycles. The molecule has 0 saturated carbocycles. The van der Waals surface area contributed by atoms with Gasteiger partial charge in [0.1, 0.15) is 0 Å². The maximum absolute atomic E-state index is 11.3. The van der Waals surface area contributed by atoms with E-state index in [1.165, 1.54) is 0 Å². The third-order valence-electron chi connectivity index (χ3n) is 1.94. The SMILES string of the molecule is CCCCC(O)CC[PH](=O)OC(C)C. The lowest BCUT2D eigenvalue weighted by Gasteiger charge is -2.11. The van der Waals surface area contributed by atoms with Gasteiger partial charge in [0, 0.05) is 6.16 Å². The zero-order valence-electron chi connectivity index (χ0n) is 9.45. The Kier molecular flexibility index (Phi) is 8.55. The predicted molar refractivity (Wildman–Crippen MR) is 60.2 cm³/mol. The molecular formula is C10H23O3P. The molecule has 0 spiro atoms. The molecule has 2 unspecified atom stereocenters. The van der Waals surface area contributed by atoms with Gasteiger partial charge in [-0.25, -0.2) is 0 Å². The highest BCUT2D eigenvalue weighted by Gasteiger charge is 2.08. The number of hydrogen-bond donors (Lipinski definition) is 1. The molecule has 4 heteroatoms. The zero-order valence-corrected chi connectivity index (χ0v) is 10.5. The van der Waals surface area contributed by atoms with E-state index in [0.29, 0.717) is 12.6 Å². The van der Waals surface area contributed by atoms with Crippen molar-refractivity contribution >= 4 is 8.03 Å². The van der Waals surface area contributed by atoms with Gasteiger partial charge in [0.2, 0.25) is 0 Å². The molecule has 0 aliphatic carbocycles. The number of unbranched alkanes of at least 4 members (excludes halogenated alkanes) is 1. The normalized spacial score (nSPS) is 15.8. The molecule has 0 aromatic carbocycles. The van der Waals surface area contributed by atoms with Gasteiger partial charge >= 0.3 is 0 Å². The van der Waals surface area contributed by atoms with Crippen LogP contribution in [0, 0.1) is 0 Å². The summed E-state index contributed by atoms with van der Waals surface area (Å²) in [6.45, 7) is 5.84. The van der Waals surface area contributed by atoms with Crippen LogP contribution in [-0.2, 0) is 9.09 Å². The summed E-state index contributed by atoms with van der Waals surface area (Å²) in [5.74, 6) is 0. The van der Waals surface area contributed by atoms with E-state index in [9.17, 15) is 9.67 Å². The highest BCUT2D eigenvalue weighted by atomic mass is 31.1. The first-order valence-electron chi connectivity index (χ1n) is 5.43. The van der Waals surface area contributed by atoms with Crippen LogP contribution in [0.1, 0.15) is 46.5 Å². The fraction of sp³-hybridized carbons (Fsp3) is 1.00. The molecule has 0 rings (SSSR count). The van der Waals surface area contributed by atoms with E-state index in [0.717, 1.165) is 19.3 Å². The molecule has 0 bridgehead atoms. The van der Waals surface area contributed by atoms with E-state index < -0.39 is 8.03 Å². The summed E-state index contributed by atoms with van der Waals surface area (Å²) in [7, 11) is -1.92. The highest BCUT2D eigenvalue weighted by molar-refractivity contribution is 7.39. The smallest absolute Gasteiger partial charge is 0.191 e. The minimum atomic E-state index is -1.92. The first-order valence-corrected chi connectivity index (χ1v) is 6.96. The van der Waals surface area contributed by atoms with Gasteiger partial charge in [-0.3, -0.25) is 4.57 Å². The quantitative estimate of drug-likeness (QED) is 0.642. The monoisotopic (exact) mass is 222 g/mol. The van der Waals surface area contributed by atoms with E-state index in [1.807, 2.05) is 13.8 Å². The first-order chi connectivity index (χ1) is 6.56. The Bertz CT molecular complexity index is 159. The average molecular weight is 222 g/mol. The van der Waals surface area contributed by atoms with Crippen LogP contribution in [0.3, 0.4) is 0 Å². The third-order valence-corrected chi connectivity index (χ3v) is 3.37.